The lowest BCUT2D eigenvalue weighted by molar-refractivity contribution is -0.0893. The van der Waals surface area contributed by atoms with Gasteiger partial charge in [0.15, 0.2) is 0 Å². The third-order valence-electron chi connectivity index (χ3n) is 7.24. The largest absolute Gasteiger partial charge is 0.456 e. The summed E-state index contributed by atoms with van der Waals surface area (Å²) >= 11 is 0. The van der Waals surface area contributed by atoms with E-state index in [1.165, 1.54) is 38.4 Å². The first-order valence-electron chi connectivity index (χ1n) is 11.1. The fraction of sp³-hybridized carbons (Fsp3) is 0.214. The van der Waals surface area contributed by atoms with Crippen molar-refractivity contribution in [3.8, 4) is 22.3 Å². The Labute approximate surface area is 187 Å². The number of para-hydroxylation sites is 1. The molecule has 6 rings (SSSR count). The first-order chi connectivity index (χ1) is 15.2. The van der Waals surface area contributed by atoms with Crippen LogP contribution in [0.5, 0.6) is 0 Å². The first-order valence-corrected chi connectivity index (χ1v) is 11.1. The SMILES string of the molecule is CC(C)(O)C(C)(C)OBc1ccc2c(c1)-c1cc3oc4ccccc4c3c3cccc-2c13. The molecule has 4 aromatic carbocycles. The molecule has 32 heavy (non-hydrogen) atoms. The van der Waals surface area contributed by atoms with E-state index in [9.17, 15) is 5.11 Å². The van der Waals surface area contributed by atoms with E-state index in [-0.39, 0.29) is 0 Å². The van der Waals surface area contributed by atoms with Crippen LogP contribution in [0.1, 0.15) is 27.7 Å². The van der Waals surface area contributed by atoms with Gasteiger partial charge in [0, 0.05) is 10.8 Å². The highest BCUT2D eigenvalue weighted by atomic mass is 16.5. The summed E-state index contributed by atoms with van der Waals surface area (Å²) in [6.45, 7) is 7.42. The lowest BCUT2D eigenvalue weighted by atomic mass is 9.81. The maximum absolute atomic E-state index is 10.4. The predicted molar refractivity (Wildman–Crippen MR) is 134 cm³/mol. The molecule has 0 atom stereocenters. The van der Waals surface area contributed by atoms with E-state index in [0.717, 1.165) is 22.0 Å². The lowest BCUT2D eigenvalue weighted by Gasteiger charge is -2.37. The molecule has 1 heterocycles. The summed E-state index contributed by atoms with van der Waals surface area (Å²) in [6, 6.07) is 23.5. The zero-order valence-electron chi connectivity index (χ0n) is 18.8. The number of rotatable bonds is 4. The molecule has 0 unspecified atom stereocenters. The smallest absolute Gasteiger partial charge is 0.309 e. The number of furan rings is 1. The van der Waals surface area contributed by atoms with E-state index in [1.807, 2.05) is 26.0 Å². The summed E-state index contributed by atoms with van der Waals surface area (Å²) in [5.41, 5.74) is 6.27. The Hall–Kier alpha value is -3.08. The van der Waals surface area contributed by atoms with Gasteiger partial charge in [-0.25, -0.2) is 0 Å². The molecule has 4 heteroatoms. The van der Waals surface area contributed by atoms with Crippen molar-refractivity contribution in [2.45, 2.75) is 38.9 Å². The van der Waals surface area contributed by atoms with Crippen LogP contribution in [0.3, 0.4) is 0 Å². The molecule has 0 amide bonds. The molecule has 0 aliphatic heterocycles. The number of hydrogen-bond acceptors (Lipinski definition) is 3. The van der Waals surface area contributed by atoms with Gasteiger partial charge < -0.3 is 14.2 Å². The molecule has 158 valence electrons. The average molecular weight is 420 g/mol. The standard InChI is InChI=1S/C28H25BO3/c1-27(2,30)28(3,4)32-29-16-12-13-17-18-9-7-10-20-25(18)22(21(17)14-16)15-24-26(20)19-8-5-6-11-23(19)31-24/h5-15,29-30H,1-4H3. The summed E-state index contributed by atoms with van der Waals surface area (Å²) in [5, 5.41) is 15.3. The molecule has 3 nitrogen and oxygen atoms in total. The minimum Gasteiger partial charge on any atom is -0.456 e. The first kappa shape index (κ1) is 19.6. The molecule has 5 aromatic rings. The van der Waals surface area contributed by atoms with Crippen LogP contribution in [0.15, 0.2) is 71.1 Å². The minimum atomic E-state index is -0.932. The molecule has 0 saturated heterocycles. The highest BCUT2D eigenvalue weighted by Gasteiger charge is 2.35. The van der Waals surface area contributed by atoms with E-state index in [1.54, 1.807) is 13.8 Å². The van der Waals surface area contributed by atoms with Crippen molar-refractivity contribution in [3.05, 3.63) is 66.7 Å². The van der Waals surface area contributed by atoms with E-state index in [2.05, 4.69) is 54.6 Å². The second-order valence-electron chi connectivity index (χ2n) is 9.86. The second kappa shape index (κ2) is 6.47. The molecule has 0 fully saturated rings. The Balaban J connectivity index is 1.51. The van der Waals surface area contributed by atoms with E-state index in [0.29, 0.717) is 7.48 Å². The molecule has 1 aliphatic carbocycles. The van der Waals surface area contributed by atoms with Crippen LogP contribution >= 0.6 is 0 Å². The predicted octanol–water partition coefficient (Wildman–Crippen LogP) is 5.93. The van der Waals surface area contributed by atoms with Gasteiger partial charge in [-0.2, -0.15) is 0 Å². The fourth-order valence-corrected chi connectivity index (χ4v) is 4.71. The van der Waals surface area contributed by atoms with E-state index in [4.69, 9.17) is 9.07 Å². The van der Waals surface area contributed by atoms with Gasteiger partial charge in [0.2, 0.25) is 0 Å². The Morgan fingerprint density at radius 2 is 1.50 bits per heavy atom. The minimum absolute atomic E-state index is 0.441. The van der Waals surface area contributed by atoms with E-state index < -0.39 is 11.2 Å². The van der Waals surface area contributed by atoms with Gasteiger partial charge in [0.25, 0.3) is 0 Å². The molecule has 1 N–H and O–H groups in total. The number of aliphatic hydroxyl groups is 1. The quantitative estimate of drug-likeness (QED) is 0.360. The average Bonchev–Trinajstić information content (AvgIpc) is 3.29. The summed E-state index contributed by atoms with van der Waals surface area (Å²) in [4.78, 5) is 0. The van der Waals surface area contributed by atoms with Gasteiger partial charge in [0.1, 0.15) is 11.2 Å². The van der Waals surface area contributed by atoms with Gasteiger partial charge in [-0.1, -0.05) is 60.1 Å². The van der Waals surface area contributed by atoms with Crippen molar-refractivity contribution < 1.29 is 14.2 Å². The summed E-state index contributed by atoms with van der Waals surface area (Å²) in [6.07, 6.45) is 0. The van der Waals surface area contributed by atoms with Crippen LogP contribution in [0, 0.1) is 0 Å². The number of fused-ring (bicyclic) bond motifs is 7. The number of benzene rings is 4. The Morgan fingerprint density at radius 1 is 0.719 bits per heavy atom. The molecule has 0 bridgehead atoms. The fourth-order valence-electron chi connectivity index (χ4n) is 4.71. The zero-order chi connectivity index (χ0) is 22.3. The summed E-state index contributed by atoms with van der Waals surface area (Å²) < 4.78 is 12.4. The molecule has 0 spiro atoms. The second-order valence-corrected chi connectivity index (χ2v) is 9.86. The lowest BCUT2D eigenvalue weighted by Crippen LogP contribution is -2.49. The Bertz CT molecular complexity index is 1540. The van der Waals surface area contributed by atoms with Crippen LogP contribution in [-0.2, 0) is 4.65 Å². The molecule has 0 saturated carbocycles. The summed E-state index contributed by atoms with van der Waals surface area (Å²) in [7, 11) is 0.441. The van der Waals surface area contributed by atoms with Crippen LogP contribution < -0.4 is 5.46 Å². The van der Waals surface area contributed by atoms with Crippen LogP contribution in [0.4, 0.5) is 0 Å². The van der Waals surface area contributed by atoms with Crippen LogP contribution in [0.25, 0.3) is 55.0 Å². The van der Waals surface area contributed by atoms with Gasteiger partial charge in [-0.3, -0.25) is 0 Å². The van der Waals surface area contributed by atoms with Crippen molar-refractivity contribution in [2.24, 2.45) is 0 Å². The van der Waals surface area contributed by atoms with Crippen molar-refractivity contribution >= 4 is 45.7 Å². The molecule has 1 aliphatic rings. The van der Waals surface area contributed by atoms with Gasteiger partial charge >= 0.3 is 7.48 Å². The number of hydrogen-bond donors (Lipinski definition) is 1. The van der Waals surface area contributed by atoms with Gasteiger partial charge in [0.05, 0.1) is 11.2 Å². The highest BCUT2D eigenvalue weighted by molar-refractivity contribution is 6.47. The van der Waals surface area contributed by atoms with Crippen molar-refractivity contribution in [1.29, 1.82) is 0 Å². The van der Waals surface area contributed by atoms with Crippen LogP contribution in [-0.4, -0.2) is 23.8 Å². The summed E-state index contributed by atoms with van der Waals surface area (Å²) in [5.74, 6) is 0. The third kappa shape index (κ3) is 2.70. The zero-order valence-corrected chi connectivity index (χ0v) is 18.8. The Kier molecular flexibility index (Phi) is 3.96. The third-order valence-corrected chi connectivity index (χ3v) is 7.24. The topological polar surface area (TPSA) is 42.6 Å². The highest BCUT2D eigenvalue weighted by Crippen LogP contribution is 2.50. The molecular weight excluding hydrogens is 395 g/mol. The normalized spacial score (nSPS) is 13.3. The van der Waals surface area contributed by atoms with Gasteiger partial charge in [-0.15, -0.1) is 0 Å². The van der Waals surface area contributed by atoms with Crippen LogP contribution in [0.2, 0.25) is 0 Å². The Morgan fingerprint density at radius 3 is 2.31 bits per heavy atom. The van der Waals surface area contributed by atoms with E-state index >= 15 is 0 Å². The van der Waals surface area contributed by atoms with Gasteiger partial charge in [-0.05, 0) is 72.9 Å². The maximum atomic E-state index is 10.4. The molecule has 0 radical (unpaired) electrons. The monoisotopic (exact) mass is 420 g/mol. The molecular formula is C28H25BO3. The maximum Gasteiger partial charge on any atom is 0.309 e. The van der Waals surface area contributed by atoms with Crippen molar-refractivity contribution in [2.75, 3.05) is 0 Å². The van der Waals surface area contributed by atoms with Crippen molar-refractivity contribution in [3.63, 3.8) is 0 Å². The molecule has 1 aromatic heterocycles. The van der Waals surface area contributed by atoms with Crippen molar-refractivity contribution in [1.82, 2.24) is 0 Å².